The molecule has 0 radical (unpaired) electrons. The van der Waals surface area contributed by atoms with Crippen LogP contribution in [0.3, 0.4) is 0 Å². The van der Waals surface area contributed by atoms with Crippen molar-refractivity contribution in [3.63, 3.8) is 0 Å². The molecular weight excluding hydrogens is 217 g/mol. The summed E-state index contributed by atoms with van der Waals surface area (Å²) in [5, 5.41) is 3.49. The van der Waals surface area contributed by atoms with E-state index in [0.29, 0.717) is 6.04 Å². The summed E-state index contributed by atoms with van der Waals surface area (Å²) in [4.78, 5) is 0. The SMILES string of the molecule is CC1CC(C)OC(c2cccc(F)c2)C(C)N1. The van der Waals surface area contributed by atoms with Crippen molar-refractivity contribution in [2.45, 2.75) is 51.5 Å². The molecule has 1 N–H and O–H groups in total. The Kier molecular flexibility index (Phi) is 3.79. The summed E-state index contributed by atoms with van der Waals surface area (Å²) in [6.07, 6.45) is 1.09. The van der Waals surface area contributed by atoms with Crippen LogP contribution < -0.4 is 5.32 Å². The van der Waals surface area contributed by atoms with Crippen molar-refractivity contribution < 1.29 is 9.13 Å². The van der Waals surface area contributed by atoms with Crippen LogP contribution in [0.2, 0.25) is 0 Å². The molecule has 1 aromatic carbocycles. The van der Waals surface area contributed by atoms with Gasteiger partial charge in [-0.2, -0.15) is 0 Å². The standard InChI is InChI=1S/C14H20FNO/c1-9-7-10(2)17-14(11(3)16-9)12-5-4-6-13(15)8-12/h4-6,8-11,14,16H,7H2,1-3H3. The van der Waals surface area contributed by atoms with Gasteiger partial charge in [-0.25, -0.2) is 4.39 Å². The zero-order chi connectivity index (χ0) is 12.4. The maximum Gasteiger partial charge on any atom is 0.123 e. The first-order valence-electron chi connectivity index (χ1n) is 6.23. The van der Waals surface area contributed by atoms with Crippen molar-refractivity contribution in [3.8, 4) is 0 Å². The fourth-order valence-electron chi connectivity index (χ4n) is 2.58. The van der Waals surface area contributed by atoms with Gasteiger partial charge < -0.3 is 10.1 Å². The van der Waals surface area contributed by atoms with Gasteiger partial charge in [-0.05, 0) is 44.9 Å². The van der Waals surface area contributed by atoms with E-state index >= 15 is 0 Å². The molecule has 2 nitrogen and oxygen atoms in total. The Labute approximate surface area is 102 Å². The van der Waals surface area contributed by atoms with Crippen molar-refractivity contribution in [1.82, 2.24) is 5.32 Å². The lowest BCUT2D eigenvalue weighted by atomic mass is 10.0. The molecule has 0 bridgehead atoms. The van der Waals surface area contributed by atoms with Gasteiger partial charge in [-0.3, -0.25) is 0 Å². The zero-order valence-corrected chi connectivity index (χ0v) is 10.6. The Morgan fingerprint density at radius 1 is 1.29 bits per heavy atom. The third-order valence-electron chi connectivity index (χ3n) is 3.24. The highest BCUT2D eigenvalue weighted by Crippen LogP contribution is 2.27. The van der Waals surface area contributed by atoms with Gasteiger partial charge in [0.2, 0.25) is 0 Å². The summed E-state index contributed by atoms with van der Waals surface area (Å²) in [7, 11) is 0. The third kappa shape index (κ3) is 3.05. The molecule has 1 heterocycles. The minimum absolute atomic E-state index is 0.0781. The van der Waals surface area contributed by atoms with Crippen molar-refractivity contribution in [1.29, 1.82) is 0 Å². The lowest BCUT2D eigenvalue weighted by Gasteiger charge is -2.24. The van der Waals surface area contributed by atoms with Gasteiger partial charge in [0.1, 0.15) is 5.82 Å². The Hall–Kier alpha value is -0.930. The highest BCUT2D eigenvalue weighted by Gasteiger charge is 2.28. The summed E-state index contributed by atoms with van der Waals surface area (Å²) in [6, 6.07) is 7.31. The largest absolute Gasteiger partial charge is 0.369 e. The molecule has 0 spiro atoms. The van der Waals surface area contributed by atoms with Crippen LogP contribution in [-0.4, -0.2) is 18.2 Å². The summed E-state index contributed by atoms with van der Waals surface area (Å²) < 4.78 is 19.3. The molecular formula is C14H20FNO. The lowest BCUT2D eigenvalue weighted by molar-refractivity contribution is -0.00796. The quantitative estimate of drug-likeness (QED) is 0.810. The Bertz CT molecular complexity index is 382. The predicted octanol–water partition coefficient (Wildman–Crippen LogP) is 3.04. The minimum Gasteiger partial charge on any atom is -0.369 e. The smallest absolute Gasteiger partial charge is 0.123 e. The average molecular weight is 237 g/mol. The van der Waals surface area contributed by atoms with E-state index in [1.165, 1.54) is 6.07 Å². The normalized spacial score (nSPS) is 34.4. The maximum absolute atomic E-state index is 13.2. The molecule has 0 aliphatic carbocycles. The van der Waals surface area contributed by atoms with Crippen LogP contribution in [0.4, 0.5) is 4.39 Å². The molecule has 4 unspecified atom stereocenters. The molecule has 2 rings (SSSR count). The van der Waals surface area contributed by atoms with Crippen molar-refractivity contribution in [2.75, 3.05) is 0 Å². The monoisotopic (exact) mass is 237 g/mol. The van der Waals surface area contributed by atoms with Crippen molar-refractivity contribution >= 4 is 0 Å². The first-order valence-corrected chi connectivity index (χ1v) is 6.23. The lowest BCUT2D eigenvalue weighted by Crippen LogP contribution is -2.36. The molecule has 0 saturated carbocycles. The van der Waals surface area contributed by atoms with E-state index in [-0.39, 0.29) is 24.1 Å². The molecule has 3 heteroatoms. The number of hydrogen-bond donors (Lipinski definition) is 1. The Morgan fingerprint density at radius 2 is 2.06 bits per heavy atom. The molecule has 1 saturated heterocycles. The number of hydrogen-bond acceptors (Lipinski definition) is 2. The molecule has 1 fully saturated rings. The van der Waals surface area contributed by atoms with E-state index in [4.69, 9.17) is 4.74 Å². The number of benzene rings is 1. The summed E-state index contributed by atoms with van der Waals surface area (Å²) in [6.45, 7) is 6.32. The number of ether oxygens (including phenoxy) is 1. The molecule has 0 aromatic heterocycles. The van der Waals surface area contributed by atoms with Gasteiger partial charge in [0, 0.05) is 12.1 Å². The maximum atomic E-state index is 13.2. The van der Waals surface area contributed by atoms with E-state index in [2.05, 4.69) is 26.1 Å². The average Bonchev–Trinajstić information content (AvgIpc) is 2.36. The fraction of sp³-hybridized carbons (Fsp3) is 0.571. The van der Waals surface area contributed by atoms with Crippen LogP contribution in [0.1, 0.15) is 38.9 Å². The molecule has 1 aliphatic heterocycles. The van der Waals surface area contributed by atoms with E-state index in [9.17, 15) is 4.39 Å². The van der Waals surface area contributed by atoms with Crippen LogP contribution >= 0.6 is 0 Å². The van der Waals surface area contributed by atoms with E-state index in [0.717, 1.165) is 12.0 Å². The van der Waals surface area contributed by atoms with E-state index in [1.807, 2.05) is 6.07 Å². The summed E-state index contributed by atoms with van der Waals surface area (Å²) in [5.74, 6) is -0.205. The molecule has 94 valence electrons. The van der Waals surface area contributed by atoms with Gasteiger partial charge in [0.05, 0.1) is 12.2 Å². The summed E-state index contributed by atoms with van der Waals surface area (Å²) in [5.41, 5.74) is 0.908. The van der Waals surface area contributed by atoms with Crippen molar-refractivity contribution in [3.05, 3.63) is 35.6 Å². The second-order valence-corrected chi connectivity index (χ2v) is 5.01. The molecule has 0 amide bonds. The minimum atomic E-state index is -0.205. The molecule has 17 heavy (non-hydrogen) atoms. The molecule has 4 atom stereocenters. The second kappa shape index (κ2) is 5.15. The Balaban J connectivity index is 2.23. The number of nitrogens with one attached hydrogen (secondary N) is 1. The van der Waals surface area contributed by atoms with Crippen LogP contribution in [0, 0.1) is 5.82 Å². The fourth-order valence-corrected chi connectivity index (χ4v) is 2.58. The van der Waals surface area contributed by atoms with Gasteiger partial charge in [0.15, 0.2) is 0 Å². The van der Waals surface area contributed by atoms with Gasteiger partial charge in [0.25, 0.3) is 0 Å². The summed E-state index contributed by atoms with van der Waals surface area (Å²) >= 11 is 0. The Morgan fingerprint density at radius 3 is 2.76 bits per heavy atom. The van der Waals surface area contributed by atoms with Gasteiger partial charge in [-0.15, -0.1) is 0 Å². The molecule has 1 aliphatic rings. The highest BCUT2D eigenvalue weighted by molar-refractivity contribution is 5.20. The topological polar surface area (TPSA) is 21.3 Å². The first kappa shape index (κ1) is 12.5. The second-order valence-electron chi connectivity index (χ2n) is 5.01. The molecule has 1 aromatic rings. The van der Waals surface area contributed by atoms with E-state index < -0.39 is 0 Å². The zero-order valence-electron chi connectivity index (χ0n) is 10.6. The van der Waals surface area contributed by atoms with Crippen LogP contribution in [-0.2, 0) is 4.74 Å². The van der Waals surface area contributed by atoms with Gasteiger partial charge >= 0.3 is 0 Å². The van der Waals surface area contributed by atoms with E-state index in [1.54, 1.807) is 12.1 Å². The number of rotatable bonds is 1. The van der Waals surface area contributed by atoms with Crippen LogP contribution in [0.15, 0.2) is 24.3 Å². The third-order valence-corrected chi connectivity index (χ3v) is 3.24. The first-order chi connectivity index (χ1) is 8.06. The van der Waals surface area contributed by atoms with Crippen LogP contribution in [0.25, 0.3) is 0 Å². The number of halogens is 1. The predicted molar refractivity (Wildman–Crippen MR) is 66.4 cm³/mol. The van der Waals surface area contributed by atoms with Crippen molar-refractivity contribution in [2.24, 2.45) is 0 Å². The van der Waals surface area contributed by atoms with Crippen LogP contribution in [0.5, 0.6) is 0 Å². The highest BCUT2D eigenvalue weighted by atomic mass is 19.1. The van der Waals surface area contributed by atoms with Gasteiger partial charge in [-0.1, -0.05) is 12.1 Å².